The average molecular weight is 516 g/mol. The monoisotopic (exact) mass is 515 g/mol. The fourth-order valence-electron chi connectivity index (χ4n) is 4.37. The summed E-state index contributed by atoms with van der Waals surface area (Å²) in [6, 6.07) is 13.6. The maximum absolute atomic E-state index is 12.3. The number of anilines is 1. The van der Waals surface area contributed by atoms with Gasteiger partial charge in [-0.2, -0.15) is 0 Å². The Labute approximate surface area is 207 Å². The Hall–Kier alpha value is -2.66. The second-order valence-corrected chi connectivity index (χ2v) is 17.0. The summed E-state index contributed by atoms with van der Waals surface area (Å²) in [4.78, 5) is 14.4. The second-order valence-electron chi connectivity index (χ2n) is 10.7. The number of sulfonamides is 1. The zero-order valence-electron chi connectivity index (χ0n) is 20.8. The Morgan fingerprint density at radius 3 is 2.46 bits per heavy atom. The molecule has 0 spiro atoms. The Kier molecular flexibility index (Phi) is 6.37. The van der Waals surface area contributed by atoms with Crippen molar-refractivity contribution in [3.05, 3.63) is 48.5 Å². The molecule has 3 aromatic rings. The van der Waals surface area contributed by atoms with E-state index in [1.807, 2.05) is 12.1 Å². The van der Waals surface area contributed by atoms with Crippen molar-refractivity contribution in [3.8, 4) is 11.3 Å². The number of aromatic nitrogens is 1. The molecule has 188 valence electrons. The van der Waals surface area contributed by atoms with Gasteiger partial charge in [-0.25, -0.2) is 22.9 Å². The SMILES string of the molecule is CC(C)(C)[Si](C)(C)O[C@H]1CCN(c2ccc(S(N)(=O)=O)cc2-c2cc3ccccc3n2C(=O)O)C1. The number of hydrogen-bond acceptors (Lipinski definition) is 5. The lowest BCUT2D eigenvalue weighted by Gasteiger charge is -2.38. The van der Waals surface area contributed by atoms with Gasteiger partial charge in [0.25, 0.3) is 0 Å². The van der Waals surface area contributed by atoms with E-state index in [9.17, 15) is 18.3 Å². The van der Waals surface area contributed by atoms with Crippen LogP contribution in [0.25, 0.3) is 22.2 Å². The van der Waals surface area contributed by atoms with E-state index < -0.39 is 24.4 Å². The van der Waals surface area contributed by atoms with Gasteiger partial charge in [0.2, 0.25) is 10.0 Å². The van der Waals surface area contributed by atoms with Crippen LogP contribution >= 0.6 is 0 Å². The van der Waals surface area contributed by atoms with Crippen LogP contribution in [-0.2, 0) is 14.4 Å². The number of carbonyl (C=O) groups is 1. The number of primary sulfonamides is 1. The molecule has 2 aromatic carbocycles. The van der Waals surface area contributed by atoms with Crippen molar-refractivity contribution >= 4 is 41.0 Å². The molecule has 0 amide bonds. The maximum Gasteiger partial charge on any atom is 0.416 e. The number of carboxylic acid groups (broad SMARTS) is 1. The molecular weight excluding hydrogens is 482 g/mol. The smallest absolute Gasteiger partial charge is 0.416 e. The van der Waals surface area contributed by atoms with E-state index >= 15 is 0 Å². The van der Waals surface area contributed by atoms with Crippen LogP contribution in [0.3, 0.4) is 0 Å². The molecule has 10 heteroatoms. The van der Waals surface area contributed by atoms with E-state index in [4.69, 9.17) is 9.56 Å². The van der Waals surface area contributed by atoms with Gasteiger partial charge >= 0.3 is 6.09 Å². The first kappa shape index (κ1) is 25.4. The molecule has 1 saturated heterocycles. The molecule has 0 saturated carbocycles. The molecule has 1 aromatic heterocycles. The van der Waals surface area contributed by atoms with Gasteiger partial charge in [-0.3, -0.25) is 0 Å². The van der Waals surface area contributed by atoms with Gasteiger partial charge in [0.1, 0.15) is 0 Å². The molecule has 0 bridgehead atoms. The predicted octanol–water partition coefficient (Wildman–Crippen LogP) is 5.08. The number of rotatable bonds is 5. The lowest BCUT2D eigenvalue weighted by atomic mass is 10.1. The Balaban J connectivity index is 1.81. The minimum Gasteiger partial charge on any atom is -0.464 e. The molecule has 2 heterocycles. The first-order valence-electron chi connectivity index (χ1n) is 11.6. The largest absolute Gasteiger partial charge is 0.464 e. The molecule has 1 aliphatic rings. The van der Waals surface area contributed by atoms with Gasteiger partial charge in [-0.15, -0.1) is 0 Å². The van der Waals surface area contributed by atoms with Crippen molar-refractivity contribution in [2.75, 3.05) is 18.0 Å². The summed E-state index contributed by atoms with van der Waals surface area (Å²) in [7, 11) is -5.94. The van der Waals surface area contributed by atoms with E-state index in [-0.39, 0.29) is 16.0 Å². The lowest BCUT2D eigenvalue weighted by Crippen LogP contribution is -2.44. The van der Waals surface area contributed by atoms with Crippen molar-refractivity contribution < 1.29 is 22.7 Å². The summed E-state index contributed by atoms with van der Waals surface area (Å²) in [5.41, 5.74) is 2.18. The van der Waals surface area contributed by atoms with Crippen LogP contribution in [0.1, 0.15) is 27.2 Å². The minimum atomic E-state index is -3.98. The molecule has 0 aliphatic carbocycles. The maximum atomic E-state index is 12.3. The summed E-state index contributed by atoms with van der Waals surface area (Å²) in [5.74, 6) is 0. The molecule has 1 atom stereocenters. The first-order chi connectivity index (χ1) is 16.2. The van der Waals surface area contributed by atoms with Gasteiger partial charge < -0.3 is 14.4 Å². The van der Waals surface area contributed by atoms with Crippen LogP contribution < -0.4 is 10.0 Å². The predicted molar refractivity (Wildman–Crippen MR) is 141 cm³/mol. The summed E-state index contributed by atoms with van der Waals surface area (Å²) >= 11 is 0. The average Bonchev–Trinajstić information content (AvgIpc) is 3.36. The first-order valence-corrected chi connectivity index (χ1v) is 16.1. The Morgan fingerprint density at radius 1 is 1.14 bits per heavy atom. The number of nitrogens with zero attached hydrogens (tertiary/aromatic N) is 2. The van der Waals surface area contributed by atoms with Crippen LogP contribution in [0.15, 0.2) is 53.4 Å². The van der Waals surface area contributed by atoms with Gasteiger partial charge in [0.05, 0.1) is 22.2 Å². The summed E-state index contributed by atoms with van der Waals surface area (Å²) in [5, 5.41) is 16.3. The van der Waals surface area contributed by atoms with Gasteiger partial charge in [-0.1, -0.05) is 39.0 Å². The molecule has 4 rings (SSSR count). The number of benzene rings is 2. The Morgan fingerprint density at radius 2 is 1.83 bits per heavy atom. The summed E-state index contributed by atoms with van der Waals surface area (Å²) < 4.78 is 32.2. The third-order valence-corrected chi connectivity index (χ3v) is 12.7. The molecule has 0 unspecified atom stereocenters. The molecule has 1 aliphatic heterocycles. The van der Waals surface area contributed by atoms with E-state index in [1.165, 1.54) is 16.7 Å². The van der Waals surface area contributed by atoms with Crippen molar-refractivity contribution in [3.63, 3.8) is 0 Å². The van der Waals surface area contributed by atoms with Crippen LogP contribution in [0, 0.1) is 0 Å². The molecular formula is C25H33N3O5SSi. The topological polar surface area (TPSA) is 115 Å². The second kappa shape index (κ2) is 8.77. The van der Waals surface area contributed by atoms with Crippen LogP contribution in [0.2, 0.25) is 18.1 Å². The normalized spacial score (nSPS) is 17.3. The minimum absolute atomic E-state index is 0.0481. The number of fused-ring (bicyclic) bond motifs is 1. The van der Waals surface area contributed by atoms with Gasteiger partial charge in [0.15, 0.2) is 8.32 Å². The lowest BCUT2D eigenvalue weighted by molar-refractivity contribution is 0.197. The highest BCUT2D eigenvalue weighted by Crippen LogP contribution is 2.41. The highest BCUT2D eigenvalue weighted by Gasteiger charge is 2.40. The number of para-hydroxylation sites is 1. The quantitative estimate of drug-likeness (QED) is 0.458. The zero-order chi connectivity index (χ0) is 25.8. The number of nitrogens with two attached hydrogens (primary N) is 1. The fourth-order valence-corrected chi connectivity index (χ4v) is 6.29. The van der Waals surface area contributed by atoms with Crippen molar-refractivity contribution in [2.45, 2.75) is 56.3 Å². The molecule has 35 heavy (non-hydrogen) atoms. The molecule has 8 nitrogen and oxygen atoms in total. The van der Waals surface area contributed by atoms with E-state index in [2.05, 4.69) is 38.8 Å². The zero-order valence-corrected chi connectivity index (χ0v) is 22.6. The van der Waals surface area contributed by atoms with Crippen molar-refractivity contribution in [1.29, 1.82) is 0 Å². The van der Waals surface area contributed by atoms with Crippen molar-refractivity contribution in [1.82, 2.24) is 4.57 Å². The molecule has 0 radical (unpaired) electrons. The highest BCUT2D eigenvalue weighted by atomic mass is 32.2. The van der Waals surface area contributed by atoms with E-state index in [0.717, 1.165) is 17.5 Å². The van der Waals surface area contributed by atoms with Crippen LogP contribution in [-0.4, -0.2) is 51.7 Å². The van der Waals surface area contributed by atoms with Crippen LogP contribution in [0.5, 0.6) is 0 Å². The van der Waals surface area contributed by atoms with Gasteiger partial charge in [-0.05, 0) is 54.9 Å². The Bertz CT molecular complexity index is 1390. The fraction of sp³-hybridized carbons (Fsp3) is 0.400. The summed E-state index contributed by atoms with van der Waals surface area (Å²) in [6.07, 6.45) is -0.258. The third kappa shape index (κ3) is 4.88. The highest BCUT2D eigenvalue weighted by molar-refractivity contribution is 7.89. The van der Waals surface area contributed by atoms with Gasteiger partial charge in [0, 0.05) is 29.7 Å². The van der Waals surface area contributed by atoms with Crippen LogP contribution in [0.4, 0.5) is 10.5 Å². The van der Waals surface area contributed by atoms with E-state index in [1.54, 1.807) is 24.3 Å². The standard InChI is InChI=1S/C25H33N3O5SSi/c1-25(2,3)35(4,5)33-18-12-13-27(16-18)22-11-10-19(34(26,31)32)15-20(22)23-14-17-8-6-7-9-21(17)28(23)24(29)30/h6-11,14-15,18H,12-13,16H2,1-5H3,(H,29,30)(H2,26,31,32)/t18-/m0/s1. The van der Waals surface area contributed by atoms with E-state index in [0.29, 0.717) is 29.9 Å². The molecule has 1 fully saturated rings. The summed E-state index contributed by atoms with van der Waals surface area (Å²) in [6.45, 7) is 12.4. The third-order valence-electron chi connectivity index (χ3n) is 7.23. The molecule has 3 N–H and O–H groups in total. The number of hydrogen-bond donors (Lipinski definition) is 2. The van der Waals surface area contributed by atoms with Crippen molar-refractivity contribution in [2.24, 2.45) is 5.14 Å².